The van der Waals surface area contributed by atoms with Crippen molar-refractivity contribution in [2.75, 3.05) is 26.3 Å². The third kappa shape index (κ3) is 4.03. The molecule has 0 saturated carbocycles. The van der Waals surface area contributed by atoms with E-state index in [2.05, 4.69) is 0 Å². The van der Waals surface area contributed by atoms with Gasteiger partial charge in [-0.25, -0.2) is 4.79 Å². The van der Waals surface area contributed by atoms with Gasteiger partial charge in [0.15, 0.2) is 0 Å². The van der Waals surface area contributed by atoms with Crippen LogP contribution in [0.1, 0.15) is 0 Å². The summed E-state index contributed by atoms with van der Waals surface area (Å²) in [6.45, 7) is 1.71. The van der Waals surface area contributed by atoms with Gasteiger partial charge in [-0.05, 0) is 0 Å². The molecule has 1 saturated heterocycles. The van der Waals surface area contributed by atoms with E-state index in [1.807, 2.05) is 5.32 Å². The number of alkyl halides is 3. The maximum absolute atomic E-state index is 11.4. The van der Waals surface area contributed by atoms with Gasteiger partial charge in [0.1, 0.15) is 0 Å². The first-order valence-electron chi connectivity index (χ1n) is 4.16. The molecule has 1 fully saturated rings. The zero-order valence-corrected chi connectivity index (χ0v) is 9.90. The Morgan fingerprint density at radius 3 is 2.20 bits per heavy atom. The van der Waals surface area contributed by atoms with E-state index in [9.17, 15) is 9.59 Å². The molecule has 1 aliphatic rings. The number of morpholine rings is 1. The molecule has 5 nitrogen and oxygen atoms in total. The van der Waals surface area contributed by atoms with E-state index >= 15 is 0 Å². The largest absolute Gasteiger partial charge is 0.378 e. The summed E-state index contributed by atoms with van der Waals surface area (Å²) in [5, 5.41) is 1.99. The van der Waals surface area contributed by atoms with Crippen LogP contribution in [0.5, 0.6) is 0 Å². The molecule has 86 valence electrons. The van der Waals surface area contributed by atoms with E-state index in [1.54, 1.807) is 0 Å². The van der Waals surface area contributed by atoms with E-state index < -0.39 is 15.7 Å². The average Bonchev–Trinajstić information content (AvgIpc) is 2.17. The second kappa shape index (κ2) is 5.21. The predicted octanol–water partition coefficient (Wildman–Crippen LogP) is 0.925. The van der Waals surface area contributed by atoms with Crippen LogP contribution >= 0.6 is 34.8 Å². The molecule has 0 spiro atoms. The molecule has 1 N–H and O–H groups in total. The van der Waals surface area contributed by atoms with Crippen LogP contribution in [0.4, 0.5) is 4.79 Å². The number of nitrogens with zero attached hydrogens (tertiary/aromatic N) is 1. The number of ether oxygens (including phenoxy) is 1. The summed E-state index contributed by atoms with van der Waals surface area (Å²) in [6, 6.07) is -0.574. The molecule has 0 unspecified atom stereocenters. The van der Waals surface area contributed by atoms with Crippen molar-refractivity contribution in [3.8, 4) is 0 Å². The Balaban J connectivity index is 2.44. The first kappa shape index (κ1) is 12.8. The van der Waals surface area contributed by atoms with Crippen LogP contribution in [-0.4, -0.2) is 46.9 Å². The quantitative estimate of drug-likeness (QED) is 0.669. The summed E-state index contributed by atoms with van der Waals surface area (Å²) < 4.78 is 2.91. The molecule has 0 bridgehead atoms. The van der Waals surface area contributed by atoms with Gasteiger partial charge in [0.2, 0.25) is 0 Å². The Morgan fingerprint density at radius 1 is 1.20 bits per heavy atom. The molecule has 0 aromatic carbocycles. The van der Waals surface area contributed by atoms with Gasteiger partial charge < -0.3 is 9.64 Å². The van der Waals surface area contributed by atoms with Crippen LogP contribution < -0.4 is 5.32 Å². The Morgan fingerprint density at radius 2 is 1.73 bits per heavy atom. The summed E-state index contributed by atoms with van der Waals surface area (Å²) >= 11 is 15.9. The summed E-state index contributed by atoms with van der Waals surface area (Å²) in [5.74, 6) is -0.955. The molecule has 0 radical (unpaired) electrons. The van der Waals surface area contributed by atoms with Gasteiger partial charge in [-0.2, -0.15) is 0 Å². The van der Waals surface area contributed by atoms with Gasteiger partial charge >= 0.3 is 6.03 Å². The third-order valence-electron chi connectivity index (χ3n) is 1.78. The number of hydrogen-bond acceptors (Lipinski definition) is 3. The smallest absolute Gasteiger partial charge is 0.324 e. The minimum Gasteiger partial charge on any atom is -0.378 e. The van der Waals surface area contributed by atoms with Crippen molar-refractivity contribution in [3.05, 3.63) is 0 Å². The van der Waals surface area contributed by atoms with Crippen LogP contribution in [0.25, 0.3) is 0 Å². The summed E-state index contributed by atoms with van der Waals surface area (Å²) in [5.41, 5.74) is 0. The van der Waals surface area contributed by atoms with Crippen LogP contribution in [0.2, 0.25) is 0 Å². The lowest BCUT2D eigenvalue weighted by molar-refractivity contribution is -0.119. The molecule has 1 aliphatic heterocycles. The number of imide groups is 1. The van der Waals surface area contributed by atoms with Crippen molar-refractivity contribution in [1.82, 2.24) is 10.2 Å². The van der Waals surface area contributed by atoms with Crippen molar-refractivity contribution in [2.45, 2.75) is 3.79 Å². The lowest BCUT2D eigenvalue weighted by atomic mass is 10.4. The molecule has 0 atom stereocenters. The second-order valence-corrected chi connectivity index (χ2v) is 5.14. The second-order valence-electron chi connectivity index (χ2n) is 2.86. The molecule has 1 heterocycles. The van der Waals surface area contributed by atoms with Crippen LogP contribution in [-0.2, 0) is 9.53 Å². The average molecular weight is 276 g/mol. The minimum absolute atomic E-state index is 0.416. The van der Waals surface area contributed by atoms with Gasteiger partial charge in [-0.15, -0.1) is 0 Å². The molecule has 8 heteroatoms. The molecule has 3 amide bonds. The normalized spacial score (nSPS) is 17.4. The van der Waals surface area contributed by atoms with Gasteiger partial charge in [0.25, 0.3) is 9.70 Å². The molecule has 0 aliphatic carbocycles. The SMILES string of the molecule is O=C(NC(=O)C(Cl)(Cl)Cl)N1CCOCC1. The fraction of sp³-hybridized carbons (Fsp3) is 0.714. The number of hydrogen-bond donors (Lipinski definition) is 1. The van der Waals surface area contributed by atoms with Gasteiger partial charge in [-0.3, -0.25) is 10.1 Å². The maximum atomic E-state index is 11.4. The molecule has 1 rings (SSSR count). The molecular weight excluding hydrogens is 266 g/mol. The maximum Gasteiger partial charge on any atom is 0.324 e. The lowest BCUT2D eigenvalue weighted by Crippen LogP contribution is -2.50. The zero-order valence-electron chi connectivity index (χ0n) is 7.63. The fourth-order valence-corrected chi connectivity index (χ4v) is 1.16. The van der Waals surface area contributed by atoms with Crippen LogP contribution in [0, 0.1) is 0 Å². The number of nitrogens with one attached hydrogen (secondary N) is 1. The Labute approximate surface area is 102 Å². The Bertz CT molecular complexity index is 261. The Kier molecular flexibility index (Phi) is 4.45. The van der Waals surface area contributed by atoms with Gasteiger partial charge in [-0.1, -0.05) is 34.8 Å². The number of urea groups is 1. The highest BCUT2D eigenvalue weighted by molar-refractivity contribution is 6.76. The predicted molar refractivity (Wildman–Crippen MR) is 56.2 cm³/mol. The minimum atomic E-state index is -2.12. The molecule has 0 aromatic heterocycles. The van der Waals surface area contributed by atoms with E-state index in [-0.39, 0.29) is 0 Å². The fourth-order valence-electron chi connectivity index (χ4n) is 1.01. The summed E-state index contributed by atoms with van der Waals surface area (Å²) in [6.07, 6.45) is 0. The third-order valence-corrected chi connectivity index (χ3v) is 2.29. The van der Waals surface area contributed by atoms with E-state index in [4.69, 9.17) is 39.5 Å². The van der Waals surface area contributed by atoms with Crippen molar-refractivity contribution < 1.29 is 14.3 Å². The highest BCUT2D eigenvalue weighted by Crippen LogP contribution is 2.25. The number of rotatable bonds is 0. The first-order valence-corrected chi connectivity index (χ1v) is 5.29. The van der Waals surface area contributed by atoms with Crippen LogP contribution in [0.3, 0.4) is 0 Å². The van der Waals surface area contributed by atoms with E-state index in [0.29, 0.717) is 26.3 Å². The highest BCUT2D eigenvalue weighted by Gasteiger charge is 2.33. The van der Waals surface area contributed by atoms with Crippen molar-refractivity contribution in [2.24, 2.45) is 0 Å². The monoisotopic (exact) mass is 274 g/mol. The van der Waals surface area contributed by atoms with Gasteiger partial charge in [0, 0.05) is 13.1 Å². The standard InChI is InChI=1S/C7H9Cl3N2O3/c8-7(9,10)5(13)11-6(14)12-1-3-15-4-2-12/h1-4H2,(H,11,13,14). The first-order chi connectivity index (χ1) is 6.91. The van der Waals surface area contributed by atoms with Crippen molar-refractivity contribution in [1.29, 1.82) is 0 Å². The topological polar surface area (TPSA) is 58.6 Å². The number of carbonyl (C=O) groups excluding carboxylic acids is 2. The Hall–Kier alpha value is -0.230. The van der Waals surface area contributed by atoms with Gasteiger partial charge in [0.05, 0.1) is 13.2 Å². The van der Waals surface area contributed by atoms with Crippen molar-refractivity contribution >= 4 is 46.7 Å². The molecular formula is C7H9Cl3N2O3. The molecule has 15 heavy (non-hydrogen) atoms. The molecule has 0 aromatic rings. The zero-order chi connectivity index (χ0) is 11.5. The highest BCUT2D eigenvalue weighted by atomic mass is 35.6. The van der Waals surface area contributed by atoms with E-state index in [1.165, 1.54) is 4.90 Å². The summed E-state index contributed by atoms with van der Waals surface area (Å²) in [7, 11) is 0. The number of carbonyl (C=O) groups is 2. The van der Waals surface area contributed by atoms with E-state index in [0.717, 1.165) is 0 Å². The van der Waals surface area contributed by atoms with Crippen LogP contribution in [0.15, 0.2) is 0 Å². The lowest BCUT2D eigenvalue weighted by Gasteiger charge is -2.27. The number of amides is 3. The van der Waals surface area contributed by atoms with Crippen molar-refractivity contribution in [3.63, 3.8) is 0 Å². The summed E-state index contributed by atoms with van der Waals surface area (Å²) in [4.78, 5) is 24.0. The number of halogens is 3.